The van der Waals surface area contributed by atoms with Crippen molar-refractivity contribution in [3.05, 3.63) is 59.9 Å². The van der Waals surface area contributed by atoms with Gasteiger partial charge in [-0.3, -0.25) is 14.6 Å². The van der Waals surface area contributed by atoms with Gasteiger partial charge < -0.3 is 10.2 Å². The summed E-state index contributed by atoms with van der Waals surface area (Å²) >= 11 is 0. The molecule has 1 aromatic heterocycles. The lowest BCUT2D eigenvalue weighted by atomic mass is 10.1. The molecule has 5 nitrogen and oxygen atoms in total. The van der Waals surface area contributed by atoms with Crippen LogP contribution in [-0.4, -0.2) is 34.8 Å². The van der Waals surface area contributed by atoms with Gasteiger partial charge in [0.25, 0.3) is 5.91 Å². The number of aryl methyl sites for hydroxylation is 1. The molecule has 0 unspecified atom stereocenters. The first kappa shape index (κ1) is 16.2. The van der Waals surface area contributed by atoms with Crippen LogP contribution in [0.1, 0.15) is 35.2 Å². The molecule has 1 aliphatic heterocycles. The van der Waals surface area contributed by atoms with Crippen LogP contribution in [0.2, 0.25) is 0 Å². The Labute approximate surface area is 141 Å². The highest BCUT2D eigenvalue weighted by Crippen LogP contribution is 2.14. The monoisotopic (exact) mass is 323 g/mol. The van der Waals surface area contributed by atoms with Crippen LogP contribution >= 0.6 is 0 Å². The summed E-state index contributed by atoms with van der Waals surface area (Å²) in [7, 11) is 0. The Hall–Kier alpha value is -2.69. The number of hydrogen-bond donors (Lipinski definition) is 1. The van der Waals surface area contributed by atoms with Crippen molar-refractivity contribution in [3.8, 4) is 0 Å². The molecular weight excluding hydrogens is 302 g/mol. The summed E-state index contributed by atoms with van der Waals surface area (Å²) in [6, 6.07) is 11.0. The Kier molecular flexibility index (Phi) is 5.21. The van der Waals surface area contributed by atoms with Gasteiger partial charge in [0.05, 0.1) is 0 Å². The van der Waals surface area contributed by atoms with E-state index >= 15 is 0 Å². The average molecular weight is 323 g/mol. The van der Waals surface area contributed by atoms with Crippen LogP contribution in [-0.2, 0) is 11.2 Å². The molecule has 2 amide bonds. The van der Waals surface area contributed by atoms with E-state index < -0.39 is 0 Å². The minimum Gasteiger partial charge on any atom is -0.343 e. The number of nitrogens with one attached hydrogen (secondary N) is 1. The molecule has 1 aliphatic rings. The summed E-state index contributed by atoms with van der Waals surface area (Å²) in [5, 5.41) is 2.85. The van der Waals surface area contributed by atoms with Crippen LogP contribution in [0, 0.1) is 0 Å². The fraction of sp³-hybridized carbons (Fsp3) is 0.316. The van der Waals surface area contributed by atoms with Gasteiger partial charge in [0, 0.05) is 43.2 Å². The number of carbonyl (C=O) groups excluding carboxylic acids is 2. The maximum atomic E-state index is 12.1. The third kappa shape index (κ3) is 4.19. The number of pyridine rings is 1. The Bertz CT molecular complexity index is 692. The number of benzene rings is 1. The van der Waals surface area contributed by atoms with E-state index in [9.17, 15) is 9.59 Å². The van der Waals surface area contributed by atoms with Gasteiger partial charge in [0.2, 0.25) is 5.91 Å². The van der Waals surface area contributed by atoms with Gasteiger partial charge in [0.1, 0.15) is 0 Å². The van der Waals surface area contributed by atoms with Crippen molar-refractivity contribution < 1.29 is 9.59 Å². The molecule has 24 heavy (non-hydrogen) atoms. The van der Waals surface area contributed by atoms with E-state index in [-0.39, 0.29) is 11.8 Å². The smallest absolute Gasteiger partial charge is 0.255 e. The molecule has 1 saturated heterocycles. The quantitative estimate of drug-likeness (QED) is 0.920. The summed E-state index contributed by atoms with van der Waals surface area (Å²) in [6.45, 7) is 1.80. The van der Waals surface area contributed by atoms with E-state index in [4.69, 9.17) is 0 Å². The third-order valence-corrected chi connectivity index (χ3v) is 4.24. The van der Waals surface area contributed by atoms with Crippen molar-refractivity contribution in [3.63, 3.8) is 0 Å². The van der Waals surface area contributed by atoms with Gasteiger partial charge in [-0.2, -0.15) is 0 Å². The predicted octanol–water partition coefficient (Wildman–Crippen LogP) is 2.89. The minimum absolute atomic E-state index is 0.158. The van der Waals surface area contributed by atoms with Crippen LogP contribution in [0.3, 0.4) is 0 Å². The second-order valence-corrected chi connectivity index (χ2v) is 5.97. The first-order chi connectivity index (χ1) is 11.7. The Morgan fingerprint density at radius 1 is 1.00 bits per heavy atom. The number of hydrogen-bond acceptors (Lipinski definition) is 3. The van der Waals surface area contributed by atoms with E-state index in [1.165, 1.54) is 0 Å². The molecule has 5 heteroatoms. The molecule has 2 heterocycles. The molecule has 0 radical (unpaired) electrons. The summed E-state index contributed by atoms with van der Waals surface area (Å²) in [6.07, 6.45) is 6.71. The van der Waals surface area contributed by atoms with E-state index in [1.807, 2.05) is 29.2 Å². The number of aromatic nitrogens is 1. The predicted molar refractivity (Wildman–Crippen MR) is 92.8 cm³/mol. The number of likely N-dealkylation sites (tertiary alicyclic amines) is 1. The molecule has 0 bridgehead atoms. The number of amides is 2. The van der Waals surface area contributed by atoms with Crippen molar-refractivity contribution in [1.82, 2.24) is 9.88 Å². The van der Waals surface area contributed by atoms with Crippen LogP contribution in [0.15, 0.2) is 48.8 Å². The lowest BCUT2D eigenvalue weighted by Gasteiger charge is -2.15. The number of carbonyl (C=O) groups is 2. The second-order valence-electron chi connectivity index (χ2n) is 5.97. The Balaban J connectivity index is 1.51. The van der Waals surface area contributed by atoms with E-state index in [1.54, 1.807) is 24.5 Å². The zero-order valence-electron chi connectivity index (χ0n) is 13.6. The van der Waals surface area contributed by atoms with Crippen molar-refractivity contribution in [1.29, 1.82) is 0 Å². The minimum atomic E-state index is -0.158. The standard InChI is InChI=1S/C19H21N3O2/c23-18(22-13-1-2-14-22)8-5-15-3-6-17(7-4-15)21-19(24)16-9-11-20-12-10-16/h3-4,6-7,9-12H,1-2,5,8,13-14H2,(H,21,24). The summed E-state index contributed by atoms with van der Waals surface area (Å²) in [5.41, 5.74) is 2.42. The molecule has 0 spiro atoms. The maximum Gasteiger partial charge on any atom is 0.255 e. The van der Waals surface area contributed by atoms with E-state index in [0.717, 1.165) is 43.6 Å². The van der Waals surface area contributed by atoms with Crippen LogP contribution < -0.4 is 5.32 Å². The lowest BCUT2D eigenvalue weighted by Crippen LogP contribution is -2.27. The molecule has 0 atom stereocenters. The molecule has 1 N–H and O–H groups in total. The van der Waals surface area contributed by atoms with Crippen molar-refractivity contribution in [2.24, 2.45) is 0 Å². The summed E-state index contributed by atoms with van der Waals surface area (Å²) in [4.78, 5) is 30.0. The van der Waals surface area contributed by atoms with Gasteiger partial charge in [0.15, 0.2) is 0 Å². The molecule has 3 rings (SSSR count). The first-order valence-electron chi connectivity index (χ1n) is 8.30. The summed E-state index contributed by atoms with van der Waals surface area (Å²) in [5.74, 6) is 0.0805. The van der Waals surface area contributed by atoms with Crippen LogP contribution in [0.5, 0.6) is 0 Å². The maximum absolute atomic E-state index is 12.1. The van der Waals surface area contributed by atoms with Crippen molar-refractivity contribution >= 4 is 17.5 Å². The Morgan fingerprint density at radius 3 is 2.33 bits per heavy atom. The highest BCUT2D eigenvalue weighted by molar-refractivity contribution is 6.04. The highest BCUT2D eigenvalue weighted by atomic mass is 16.2. The summed E-state index contributed by atoms with van der Waals surface area (Å²) < 4.78 is 0. The molecule has 1 fully saturated rings. The molecule has 0 saturated carbocycles. The molecular formula is C19H21N3O2. The van der Waals surface area contributed by atoms with Gasteiger partial charge in [-0.05, 0) is 49.1 Å². The second kappa shape index (κ2) is 7.73. The first-order valence-corrected chi connectivity index (χ1v) is 8.30. The number of anilines is 1. The van der Waals surface area contributed by atoms with Crippen molar-refractivity contribution in [2.45, 2.75) is 25.7 Å². The van der Waals surface area contributed by atoms with Crippen LogP contribution in [0.4, 0.5) is 5.69 Å². The molecule has 1 aromatic carbocycles. The Morgan fingerprint density at radius 2 is 1.67 bits per heavy atom. The normalized spacial score (nSPS) is 13.8. The van der Waals surface area contributed by atoms with Gasteiger partial charge in [-0.25, -0.2) is 0 Å². The van der Waals surface area contributed by atoms with Gasteiger partial charge in [-0.15, -0.1) is 0 Å². The topological polar surface area (TPSA) is 62.3 Å². The largest absolute Gasteiger partial charge is 0.343 e. The molecule has 0 aliphatic carbocycles. The average Bonchev–Trinajstić information content (AvgIpc) is 3.16. The third-order valence-electron chi connectivity index (χ3n) is 4.24. The van der Waals surface area contributed by atoms with E-state index in [0.29, 0.717) is 12.0 Å². The lowest BCUT2D eigenvalue weighted by molar-refractivity contribution is -0.130. The zero-order chi connectivity index (χ0) is 16.8. The number of nitrogens with zero attached hydrogens (tertiary/aromatic N) is 2. The fourth-order valence-corrected chi connectivity index (χ4v) is 2.84. The SMILES string of the molecule is O=C(Nc1ccc(CCC(=O)N2CCCC2)cc1)c1ccncc1. The van der Waals surface area contributed by atoms with Gasteiger partial charge in [-0.1, -0.05) is 12.1 Å². The fourth-order valence-electron chi connectivity index (χ4n) is 2.84. The molecule has 2 aromatic rings. The van der Waals surface area contributed by atoms with Crippen LogP contribution in [0.25, 0.3) is 0 Å². The van der Waals surface area contributed by atoms with Gasteiger partial charge >= 0.3 is 0 Å². The van der Waals surface area contributed by atoms with E-state index in [2.05, 4.69) is 10.3 Å². The highest BCUT2D eigenvalue weighted by Gasteiger charge is 2.17. The van der Waals surface area contributed by atoms with Crippen molar-refractivity contribution in [2.75, 3.05) is 18.4 Å². The zero-order valence-corrected chi connectivity index (χ0v) is 13.6. The molecule has 124 valence electrons. The number of rotatable bonds is 5.